The molecule has 1 amide bonds. The molecule has 1 saturated heterocycles. The normalized spacial score (nSPS) is 18.2. The summed E-state index contributed by atoms with van der Waals surface area (Å²) in [5.74, 6) is 0.0792. The van der Waals surface area contributed by atoms with Crippen molar-refractivity contribution in [1.82, 2.24) is 10.2 Å². The summed E-state index contributed by atoms with van der Waals surface area (Å²) in [5.41, 5.74) is 1.45. The van der Waals surface area contributed by atoms with E-state index < -0.39 is 0 Å². The maximum absolute atomic E-state index is 12.8. The molecule has 0 saturated carbocycles. The molecule has 1 unspecified atom stereocenters. The van der Waals surface area contributed by atoms with Gasteiger partial charge in [0.15, 0.2) is 0 Å². The number of hydrogen-bond donors (Lipinski definition) is 1. The lowest BCUT2D eigenvalue weighted by Crippen LogP contribution is -2.41. The van der Waals surface area contributed by atoms with Crippen LogP contribution in [0.1, 0.15) is 36.5 Å². The zero-order valence-electron chi connectivity index (χ0n) is 12.5. The minimum absolute atomic E-state index is 0.0792. The molecular weight excluding hydrogens is 264 g/mol. The molecule has 0 radical (unpaired) electrons. The van der Waals surface area contributed by atoms with Crippen molar-refractivity contribution < 1.29 is 9.21 Å². The van der Waals surface area contributed by atoms with E-state index in [4.69, 9.17) is 4.42 Å². The van der Waals surface area contributed by atoms with Crippen molar-refractivity contribution in [2.45, 2.75) is 32.2 Å². The van der Waals surface area contributed by atoms with Crippen LogP contribution in [0.3, 0.4) is 0 Å². The third kappa shape index (κ3) is 2.95. The highest BCUT2D eigenvalue weighted by atomic mass is 16.3. The summed E-state index contributed by atoms with van der Waals surface area (Å²) in [6, 6.07) is 8.14. The lowest BCUT2D eigenvalue weighted by Gasteiger charge is -2.25. The average Bonchev–Trinajstić information content (AvgIpc) is 3.15. The molecule has 3 rings (SSSR count). The van der Waals surface area contributed by atoms with Crippen molar-refractivity contribution in [1.29, 1.82) is 0 Å². The molecule has 1 fully saturated rings. The van der Waals surface area contributed by atoms with Crippen LogP contribution >= 0.6 is 0 Å². The SMILES string of the molecule is CCCN(CC1CCCN1)C(=O)c1coc2ccccc12. The number of benzene rings is 1. The first-order valence-corrected chi connectivity index (χ1v) is 7.78. The second kappa shape index (κ2) is 6.31. The topological polar surface area (TPSA) is 45.5 Å². The van der Waals surface area contributed by atoms with Crippen LogP contribution in [0.15, 0.2) is 34.9 Å². The van der Waals surface area contributed by atoms with Gasteiger partial charge in [0.25, 0.3) is 5.91 Å². The van der Waals surface area contributed by atoms with Gasteiger partial charge in [-0.3, -0.25) is 4.79 Å². The predicted octanol–water partition coefficient (Wildman–Crippen LogP) is 3.04. The maximum atomic E-state index is 12.8. The van der Waals surface area contributed by atoms with Crippen LogP contribution in [-0.4, -0.2) is 36.5 Å². The van der Waals surface area contributed by atoms with Crippen molar-refractivity contribution in [2.75, 3.05) is 19.6 Å². The number of fused-ring (bicyclic) bond motifs is 1. The molecule has 2 aromatic rings. The fraction of sp³-hybridized carbons (Fsp3) is 0.471. The fourth-order valence-electron chi connectivity index (χ4n) is 3.04. The van der Waals surface area contributed by atoms with Crippen LogP contribution in [0.5, 0.6) is 0 Å². The molecular formula is C17H22N2O2. The lowest BCUT2D eigenvalue weighted by atomic mass is 10.1. The molecule has 21 heavy (non-hydrogen) atoms. The Hall–Kier alpha value is -1.81. The van der Waals surface area contributed by atoms with Crippen LogP contribution in [-0.2, 0) is 0 Å². The molecule has 1 N–H and O–H groups in total. The molecule has 2 heterocycles. The van der Waals surface area contributed by atoms with Gasteiger partial charge < -0.3 is 14.6 Å². The molecule has 1 aromatic heterocycles. The summed E-state index contributed by atoms with van der Waals surface area (Å²) in [6.07, 6.45) is 4.92. The van der Waals surface area contributed by atoms with E-state index in [1.807, 2.05) is 29.2 Å². The van der Waals surface area contributed by atoms with Crippen LogP contribution in [0.25, 0.3) is 11.0 Å². The van der Waals surface area contributed by atoms with Crippen LogP contribution in [0.2, 0.25) is 0 Å². The van der Waals surface area contributed by atoms with Crippen molar-refractivity contribution in [2.24, 2.45) is 0 Å². The Labute approximate surface area is 125 Å². The summed E-state index contributed by atoms with van der Waals surface area (Å²) in [7, 11) is 0. The van der Waals surface area contributed by atoms with Gasteiger partial charge >= 0.3 is 0 Å². The number of furan rings is 1. The molecule has 0 aliphatic carbocycles. The maximum Gasteiger partial charge on any atom is 0.257 e. The highest BCUT2D eigenvalue weighted by Crippen LogP contribution is 2.22. The summed E-state index contributed by atoms with van der Waals surface area (Å²) in [5, 5.41) is 4.37. The first-order valence-electron chi connectivity index (χ1n) is 7.78. The van der Waals surface area contributed by atoms with Gasteiger partial charge in [0.1, 0.15) is 11.8 Å². The fourth-order valence-corrected chi connectivity index (χ4v) is 3.04. The van der Waals surface area contributed by atoms with Crippen molar-refractivity contribution in [3.8, 4) is 0 Å². The zero-order valence-corrected chi connectivity index (χ0v) is 12.5. The molecule has 1 atom stereocenters. The first-order chi connectivity index (χ1) is 10.3. The van der Waals surface area contributed by atoms with E-state index in [0.717, 1.165) is 43.4 Å². The van der Waals surface area contributed by atoms with Crippen LogP contribution in [0, 0.1) is 0 Å². The Morgan fingerprint density at radius 1 is 1.43 bits per heavy atom. The minimum atomic E-state index is 0.0792. The largest absolute Gasteiger partial charge is 0.463 e. The molecule has 0 spiro atoms. The Morgan fingerprint density at radius 3 is 3.05 bits per heavy atom. The Kier molecular flexibility index (Phi) is 4.25. The number of para-hydroxylation sites is 1. The highest BCUT2D eigenvalue weighted by Gasteiger charge is 2.24. The predicted molar refractivity (Wildman–Crippen MR) is 83.4 cm³/mol. The van der Waals surface area contributed by atoms with Gasteiger partial charge in [0.05, 0.1) is 5.56 Å². The van der Waals surface area contributed by atoms with Crippen molar-refractivity contribution >= 4 is 16.9 Å². The average molecular weight is 286 g/mol. The third-order valence-corrected chi connectivity index (χ3v) is 4.10. The molecule has 0 bridgehead atoms. The first kappa shape index (κ1) is 14.1. The number of rotatable bonds is 5. The van der Waals surface area contributed by atoms with E-state index in [1.165, 1.54) is 6.42 Å². The standard InChI is InChI=1S/C17H22N2O2/c1-2-10-19(11-13-6-5-9-18-13)17(20)15-12-21-16-8-4-3-7-14(15)16/h3-4,7-8,12-13,18H,2,5-6,9-11H2,1H3. The highest BCUT2D eigenvalue weighted by molar-refractivity contribution is 6.05. The molecule has 112 valence electrons. The third-order valence-electron chi connectivity index (χ3n) is 4.10. The summed E-state index contributed by atoms with van der Waals surface area (Å²) < 4.78 is 5.51. The van der Waals surface area contributed by atoms with Crippen LogP contribution < -0.4 is 5.32 Å². The van der Waals surface area contributed by atoms with E-state index in [0.29, 0.717) is 11.6 Å². The van der Waals surface area contributed by atoms with Crippen molar-refractivity contribution in [3.63, 3.8) is 0 Å². The van der Waals surface area contributed by atoms with Crippen LogP contribution in [0.4, 0.5) is 0 Å². The summed E-state index contributed by atoms with van der Waals surface area (Å²) >= 11 is 0. The van der Waals surface area contributed by atoms with E-state index >= 15 is 0 Å². The number of carbonyl (C=O) groups is 1. The second-order valence-electron chi connectivity index (χ2n) is 5.69. The Morgan fingerprint density at radius 2 is 2.29 bits per heavy atom. The summed E-state index contributed by atoms with van der Waals surface area (Å²) in [6.45, 7) is 4.74. The number of nitrogens with zero attached hydrogens (tertiary/aromatic N) is 1. The van der Waals surface area contributed by atoms with E-state index in [9.17, 15) is 4.79 Å². The van der Waals surface area contributed by atoms with E-state index in [1.54, 1.807) is 6.26 Å². The van der Waals surface area contributed by atoms with Gasteiger partial charge in [-0.2, -0.15) is 0 Å². The quantitative estimate of drug-likeness (QED) is 0.919. The van der Waals surface area contributed by atoms with Gasteiger partial charge in [-0.15, -0.1) is 0 Å². The molecule has 1 aromatic carbocycles. The molecule has 4 heteroatoms. The molecule has 1 aliphatic rings. The second-order valence-corrected chi connectivity index (χ2v) is 5.69. The molecule has 4 nitrogen and oxygen atoms in total. The number of amides is 1. The number of carbonyl (C=O) groups excluding carboxylic acids is 1. The monoisotopic (exact) mass is 286 g/mol. The zero-order chi connectivity index (χ0) is 14.7. The van der Waals surface area contributed by atoms with Gasteiger partial charge in [0.2, 0.25) is 0 Å². The molecule has 1 aliphatic heterocycles. The minimum Gasteiger partial charge on any atom is -0.463 e. The smallest absolute Gasteiger partial charge is 0.257 e. The van der Waals surface area contributed by atoms with Gasteiger partial charge in [-0.1, -0.05) is 25.1 Å². The van der Waals surface area contributed by atoms with Gasteiger partial charge in [-0.25, -0.2) is 0 Å². The number of nitrogens with one attached hydrogen (secondary N) is 1. The van der Waals surface area contributed by atoms with Crippen molar-refractivity contribution in [3.05, 3.63) is 36.1 Å². The number of hydrogen-bond acceptors (Lipinski definition) is 3. The van der Waals surface area contributed by atoms with E-state index in [2.05, 4.69) is 12.2 Å². The van der Waals surface area contributed by atoms with Gasteiger partial charge in [0, 0.05) is 24.5 Å². The van der Waals surface area contributed by atoms with E-state index in [-0.39, 0.29) is 5.91 Å². The Bertz CT molecular complexity index is 614. The van der Waals surface area contributed by atoms with Gasteiger partial charge in [-0.05, 0) is 31.9 Å². The lowest BCUT2D eigenvalue weighted by molar-refractivity contribution is 0.0743. The Balaban J connectivity index is 1.82. The summed E-state index contributed by atoms with van der Waals surface area (Å²) in [4.78, 5) is 14.8.